The fraction of sp³-hybridized carbons (Fsp3) is 0.714. The molecule has 1 unspecified atom stereocenters. The summed E-state index contributed by atoms with van der Waals surface area (Å²) in [5, 5.41) is 3.69. The first-order valence-electron chi connectivity index (χ1n) is 7.94. The van der Waals surface area contributed by atoms with E-state index in [2.05, 4.69) is 5.16 Å². The predicted octanol–water partition coefficient (Wildman–Crippen LogP) is 0.175. The number of hydrogen-bond donors (Lipinski definition) is 0. The molecule has 1 amide bonds. The lowest BCUT2D eigenvalue weighted by atomic mass is 10.2. The zero-order valence-corrected chi connectivity index (χ0v) is 16.1. The molecule has 142 valence electrons. The Morgan fingerprint density at radius 3 is 2.56 bits per heavy atom. The third-order valence-electron chi connectivity index (χ3n) is 4.11. The summed E-state index contributed by atoms with van der Waals surface area (Å²) in [6.45, 7) is 3.71. The predicted molar refractivity (Wildman–Crippen MR) is 92.5 cm³/mol. The van der Waals surface area contributed by atoms with Crippen molar-refractivity contribution in [2.45, 2.75) is 32.7 Å². The zero-order chi connectivity index (χ0) is 18.8. The first-order chi connectivity index (χ1) is 11.5. The van der Waals surface area contributed by atoms with Crippen molar-refractivity contribution in [1.29, 1.82) is 0 Å². The number of carbonyl (C=O) groups is 1. The van der Waals surface area contributed by atoms with Crippen LogP contribution in [-0.2, 0) is 24.7 Å². The second-order valence-electron chi connectivity index (χ2n) is 6.12. The molecule has 11 heteroatoms. The van der Waals surface area contributed by atoms with Gasteiger partial charge in [0.05, 0.1) is 17.8 Å². The van der Waals surface area contributed by atoms with E-state index >= 15 is 0 Å². The Morgan fingerprint density at radius 1 is 1.44 bits per heavy atom. The third-order valence-corrected chi connectivity index (χ3v) is 7.03. The Labute approximate surface area is 147 Å². The lowest BCUT2D eigenvalue weighted by Crippen LogP contribution is -2.43. The minimum absolute atomic E-state index is 0.0369. The molecule has 1 fully saturated rings. The van der Waals surface area contributed by atoms with E-state index in [1.54, 1.807) is 13.8 Å². The molecule has 0 spiro atoms. The van der Waals surface area contributed by atoms with Crippen LogP contribution in [0.5, 0.6) is 0 Å². The average molecular weight is 393 g/mol. The first kappa shape index (κ1) is 19.7. The lowest BCUT2D eigenvalue weighted by Gasteiger charge is -2.28. The van der Waals surface area contributed by atoms with Gasteiger partial charge in [0.15, 0.2) is 15.7 Å². The highest BCUT2D eigenvalue weighted by atomic mass is 32.2. The maximum absolute atomic E-state index is 12.5. The molecule has 0 aromatic carbocycles. The van der Waals surface area contributed by atoms with E-state index in [0.29, 0.717) is 18.7 Å². The standard InChI is InChI=1S/C14H23N3O6S2/c1-4-16(12-6-8-25(21,22)10-12)14(18)5-7-17(24(3,19)20)13-9-11(2)23-15-13/h9,12H,4-8,10H2,1-3H3. The summed E-state index contributed by atoms with van der Waals surface area (Å²) in [7, 11) is -6.73. The van der Waals surface area contributed by atoms with Gasteiger partial charge in [0, 0.05) is 31.6 Å². The van der Waals surface area contributed by atoms with Gasteiger partial charge in [-0.25, -0.2) is 16.8 Å². The summed E-state index contributed by atoms with van der Waals surface area (Å²) < 4.78 is 53.1. The molecule has 0 aliphatic carbocycles. The highest BCUT2D eigenvalue weighted by Gasteiger charge is 2.34. The molecule has 1 aromatic rings. The number of anilines is 1. The molecule has 1 aliphatic rings. The van der Waals surface area contributed by atoms with Gasteiger partial charge in [0.2, 0.25) is 15.9 Å². The highest BCUT2D eigenvalue weighted by molar-refractivity contribution is 7.92. The quantitative estimate of drug-likeness (QED) is 0.648. The van der Waals surface area contributed by atoms with Gasteiger partial charge in [-0.15, -0.1) is 0 Å². The van der Waals surface area contributed by atoms with Crippen molar-refractivity contribution in [3.8, 4) is 0 Å². The third kappa shape index (κ3) is 4.94. The van der Waals surface area contributed by atoms with Crippen LogP contribution in [0.2, 0.25) is 0 Å². The van der Waals surface area contributed by atoms with E-state index in [0.717, 1.165) is 10.6 Å². The summed E-state index contributed by atoms with van der Waals surface area (Å²) in [6.07, 6.45) is 1.38. The fourth-order valence-corrected chi connectivity index (χ4v) is 5.50. The van der Waals surface area contributed by atoms with Gasteiger partial charge < -0.3 is 9.42 Å². The van der Waals surface area contributed by atoms with Gasteiger partial charge in [-0.3, -0.25) is 9.10 Å². The maximum atomic E-state index is 12.5. The smallest absolute Gasteiger partial charge is 0.233 e. The van der Waals surface area contributed by atoms with Crippen molar-refractivity contribution < 1.29 is 26.2 Å². The zero-order valence-electron chi connectivity index (χ0n) is 14.5. The Kier molecular flexibility index (Phi) is 5.77. The van der Waals surface area contributed by atoms with Crippen LogP contribution in [0, 0.1) is 6.92 Å². The van der Waals surface area contributed by atoms with Crippen molar-refractivity contribution in [2.75, 3.05) is 35.2 Å². The molecule has 0 saturated carbocycles. The molecule has 1 aromatic heterocycles. The van der Waals surface area contributed by atoms with Crippen LogP contribution in [0.4, 0.5) is 5.82 Å². The molecule has 0 radical (unpaired) electrons. The molecule has 9 nitrogen and oxygen atoms in total. The minimum atomic E-state index is -3.63. The number of carbonyl (C=O) groups excluding carboxylic acids is 1. The van der Waals surface area contributed by atoms with Gasteiger partial charge in [0.1, 0.15) is 5.76 Å². The average Bonchev–Trinajstić information content (AvgIpc) is 3.04. The van der Waals surface area contributed by atoms with E-state index < -0.39 is 19.9 Å². The molecule has 1 saturated heterocycles. The van der Waals surface area contributed by atoms with Crippen LogP contribution in [0.1, 0.15) is 25.5 Å². The van der Waals surface area contributed by atoms with E-state index in [1.807, 2.05) is 0 Å². The number of nitrogens with zero attached hydrogens (tertiary/aromatic N) is 3. The van der Waals surface area contributed by atoms with Crippen molar-refractivity contribution in [2.24, 2.45) is 0 Å². The SMILES string of the molecule is CCN(C(=O)CCN(c1cc(C)on1)S(C)(=O)=O)C1CCS(=O)(=O)C1. The monoisotopic (exact) mass is 393 g/mol. The number of rotatable bonds is 7. The van der Waals surface area contributed by atoms with E-state index in [4.69, 9.17) is 4.52 Å². The molecule has 2 heterocycles. The Morgan fingerprint density at radius 2 is 2.12 bits per heavy atom. The first-order valence-corrected chi connectivity index (χ1v) is 11.6. The van der Waals surface area contributed by atoms with Crippen LogP contribution in [0.25, 0.3) is 0 Å². The van der Waals surface area contributed by atoms with Crippen molar-refractivity contribution in [3.05, 3.63) is 11.8 Å². The topological polar surface area (TPSA) is 118 Å². The number of sulfonamides is 1. The van der Waals surface area contributed by atoms with E-state index in [1.165, 1.54) is 11.0 Å². The van der Waals surface area contributed by atoms with Crippen molar-refractivity contribution >= 4 is 31.6 Å². The van der Waals surface area contributed by atoms with Crippen LogP contribution in [0.3, 0.4) is 0 Å². The number of hydrogen-bond acceptors (Lipinski definition) is 7. The van der Waals surface area contributed by atoms with Crippen LogP contribution >= 0.6 is 0 Å². The molecule has 0 bridgehead atoms. The van der Waals surface area contributed by atoms with Gasteiger partial charge in [-0.05, 0) is 20.3 Å². The Hall–Kier alpha value is -1.62. The van der Waals surface area contributed by atoms with Crippen LogP contribution in [0.15, 0.2) is 10.6 Å². The van der Waals surface area contributed by atoms with Crippen molar-refractivity contribution in [1.82, 2.24) is 10.1 Å². The second-order valence-corrected chi connectivity index (χ2v) is 10.3. The second kappa shape index (κ2) is 7.32. The van der Waals surface area contributed by atoms with Crippen LogP contribution in [-0.4, -0.2) is 69.7 Å². The fourth-order valence-electron chi connectivity index (χ4n) is 2.92. The Balaban J connectivity index is 2.07. The summed E-state index contributed by atoms with van der Waals surface area (Å²) in [4.78, 5) is 14.0. The number of sulfone groups is 1. The molecule has 25 heavy (non-hydrogen) atoms. The lowest BCUT2D eigenvalue weighted by molar-refractivity contribution is -0.132. The summed E-state index contributed by atoms with van der Waals surface area (Å²) >= 11 is 0. The normalized spacial score (nSPS) is 19.7. The highest BCUT2D eigenvalue weighted by Crippen LogP contribution is 2.20. The van der Waals surface area contributed by atoms with Gasteiger partial charge in [0.25, 0.3) is 0 Å². The molecule has 1 atom stereocenters. The van der Waals surface area contributed by atoms with Gasteiger partial charge in [-0.2, -0.15) is 0 Å². The molecular weight excluding hydrogens is 370 g/mol. The summed E-state index contributed by atoms with van der Waals surface area (Å²) in [5.41, 5.74) is 0. The number of amides is 1. The largest absolute Gasteiger partial charge is 0.360 e. The molecule has 1 aliphatic heterocycles. The number of aryl methyl sites for hydroxylation is 1. The molecule has 0 N–H and O–H groups in total. The summed E-state index contributed by atoms with van der Waals surface area (Å²) in [5.74, 6) is 0.346. The van der Waals surface area contributed by atoms with E-state index in [9.17, 15) is 21.6 Å². The minimum Gasteiger partial charge on any atom is -0.360 e. The van der Waals surface area contributed by atoms with Gasteiger partial charge in [-0.1, -0.05) is 5.16 Å². The van der Waals surface area contributed by atoms with Crippen molar-refractivity contribution in [3.63, 3.8) is 0 Å². The molecular formula is C14H23N3O6S2. The Bertz CT molecular complexity index is 831. The summed E-state index contributed by atoms with van der Waals surface area (Å²) in [6, 6.07) is 1.13. The maximum Gasteiger partial charge on any atom is 0.233 e. The van der Waals surface area contributed by atoms with Gasteiger partial charge >= 0.3 is 0 Å². The number of aromatic nitrogens is 1. The van der Waals surface area contributed by atoms with Crippen LogP contribution < -0.4 is 4.31 Å². The molecule has 2 rings (SSSR count). The van der Waals surface area contributed by atoms with E-state index in [-0.39, 0.29) is 42.2 Å².